The molecule has 0 aliphatic heterocycles. The van der Waals surface area contributed by atoms with Crippen LogP contribution in [0, 0.1) is 0 Å². The van der Waals surface area contributed by atoms with E-state index in [2.05, 4.69) is 19.1 Å². The summed E-state index contributed by atoms with van der Waals surface area (Å²) >= 11 is 0. The second kappa shape index (κ2) is 8.70. The Morgan fingerprint density at radius 2 is 1.95 bits per heavy atom. The Balaban J connectivity index is 2.42. The average Bonchev–Trinajstić information content (AvgIpc) is 2.40. The van der Waals surface area contributed by atoms with Crippen LogP contribution in [0.15, 0.2) is 30.3 Å². The zero-order valence-electron chi connectivity index (χ0n) is 12.1. The van der Waals surface area contributed by atoms with E-state index in [0.717, 1.165) is 32.4 Å². The number of amides is 1. The second-order valence-corrected chi connectivity index (χ2v) is 4.96. The van der Waals surface area contributed by atoms with Gasteiger partial charge < -0.3 is 10.6 Å². The van der Waals surface area contributed by atoms with E-state index in [1.807, 2.05) is 30.0 Å². The van der Waals surface area contributed by atoms with Crippen LogP contribution in [-0.2, 0) is 11.2 Å². The number of likely N-dealkylation sites (N-methyl/N-ethyl adjacent to an activating group) is 1. The normalized spacial score (nSPS) is 12.2. The van der Waals surface area contributed by atoms with E-state index >= 15 is 0 Å². The molecule has 0 aliphatic rings. The first-order chi connectivity index (χ1) is 9.17. The van der Waals surface area contributed by atoms with Crippen LogP contribution in [0.2, 0.25) is 0 Å². The molecule has 1 amide bonds. The highest BCUT2D eigenvalue weighted by molar-refractivity contribution is 5.76. The molecule has 0 fully saturated rings. The number of hydrogen-bond acceptors (Lipinski definition) is 2. The van der Waals surface area contributed by atoms with Crippen LogP contribution in [0.5, 0.6) is 0 Å². The summed E-state index contributed by atoms with van der Waals surface area (Å²) in [7, 11) is 0. The number of carbonyl (C=O) groups is 1. The van der Waals surface area contributed by atoms with Gasteiger partial charge in [0.25, 0.3) is 0 Å². The van der Waals surface area contributed by atoms with Gasteiger partial charge in [-0.3, -0.25) is 4.79 Å². The molecule has 1 unspecified atom stereocenters. The third-order valence-electron chi connectivity index (χ3n) is 3.34. The fourth-order valence-corrected chi connectivity index (χ4v) is 2.19. The largest absolute Gasteiger partial charge is 0.343 e. The topological polar surface area (TPSA) is 46.3 Å². The highest BCUT2D eigenvalue weighted by Gasteiger charge is 2.14. The van der Waals surface area contributed by atoms with Crippen LogP contribution in [-0.4, -0.2) is 29.9 Å². The molecule has 0 saturated carbocycles. The number of hydrogen-bond donors (Lipinski definition) is 1. The predicted molar refractivity (Wildman–Crippen MR) is 79.9 cm³/mol. The Kier molecular flexibility index (Phi) is 7.19. The molecule has 0 radical (unpaired) electrons. The number of nitrogens with zero attached hydrogens (tertiary/aromatic N) is 1. The molecule has 3 nitrogen and oxygen atoms in total. The molecule has 0 aromatic heterocycles. The standard InChI is InChI=1S/C16H26N2O/c1-3-8-15(17)13-16(19)18(4-2)12-11-14-9-6-5-7-10-14/h5-7,9-10,15H,3-4,8,11-13,17H2,1-2H3. The summed E-state index contributed by atoms with van der Waals surface area (Å²) in [5.41, 5.74) is 7.21. The Hall–Kier alpha value is -1.35. The second-order valence-electron chi connectivity index (χ2n) is 4.96. The van der Waals surface area contributed by atoms with Crippen LogP contribution in [0.1, 0.15) is 38.7 Å². The van der Waals surface area contributed by atoms with Crippen molar-refractivity contribution in [2.24, 2.45) is 5.73 Å². The third kappa shape index (κ3) is 5.88. The number of carbonyl (C=O) groups excluding carboxylic acids is 1. The number of rotatable bonds is 8. The molecule has 3 heteroatoms. The van der Waals surface area contributed by atoms with Crippen molar-refractivity contribution < 1.29 is 4.79 Å². The lowest BCUT2D eigenvalue weighted by Gasteiger charge is -2.22. The fourth-order valence-electron chi connectivity index (χ4n) is 2.19. The van der Waals surface area contributed by atoms with Gasteiger partial charge in [-0.25, -0.2) is 0 Å². The minimum atomic E-state index is 0.00303. The Bertz CT molecular complexity index is 364. The minimum absolute atomic E-state index is 0.00303. The van der Waals surface area contributed by atoms with Gasteiger partial charge in [0.15, 0.2) is 0 Å². The molecule has 1 aromatic rings. The molecule has 1 rings (SSSR count). The summed E-state index contributed by atoms with van der Waals surface area (Å²) in [5, 5.41) is 0. The van der Waals surface area contributed by atoms with Crippen molar-refractivity contribution in [2.75, 3.05) is 13.1 Å². The van der Waals surface area contributed by atoms with E-state index in [9.17, 15) is 4.79 Å². The lowest BCUT2D eigenvalue weighted by atomic mass is 10.1. The van der Waals surface area contributed by atoms with Crippen LogP contribution >= 0.6 is 0 Å². The lowest BCUT2D eigenvalue weighted by molar-refractivity contribution is -0.131. The smallest absolute Gasteiger partial charge is 0.224 e. The SMILES string of the molecule is CCCC(N)CC(=O)N(CC)CCc1ccccc1. The maximum absolute atomic E-state index is 12.1. The molecule has 0 aliphatic carbocycles. The summed E-state index contributed by atoms with van der Waals surface area (Å²) < 4.78 is 0. The summed E-state index contributed by atoms with van der Waals surface area (Å²) in [6, 6.07) is 10.3. The summed E-state index contributed by atoms with van der Waals surface area (Å²) in [6.45, 7) is 5.65. The maximum atomic E-state index is 12.1. The molecule has 0 spiro atoms. The number of benzene rings is 1. The van der Waals surface area contributed by atoms with Gasteiger partial charge in [-0.2, -0.15) is 0 Å². The third-order valence-corrected chi connectivity index (χ3v) is 3.34. The Labute approximate surface area is 116 Å². The van der Waals surface area contributed by atoms with Gasteiger partial charge in [0, 0.05) is 25.6 Å². The zero-order chi connectivity index (χ0) is 14.1. The molecule has 0 bridgehead atoms. The van der Waals surface area contributed by atoms with E-state index in [1.54, 1.807) is 0 Å². The van der Waals surface area contributed by atoms with Crippen molar-refractivity contribution in [1.82, 2.24) is 4.90 Å². The Morgan fingerprint density at radius 3 is 2.53 bits per heavy atom. The van der Waals surface area contributed by atoms with E-state index < -0.39 is 0 Å². The van der Waals surface area contributed by atoms with E-state index in [0.29, 0.717) is 6.42 Å². The molecule has 0 saturated heterocycles. The van der Waals surface area contributed by atoms with Crippen molar-refractivity contribution in [3.63, 3.8) is 0 Å². The molecular weight excluding hydrogens is 236 g/mol. The molecular formula is C16H26N2O. The maximum Gasteiger partial charge on any atom is 0.224 e. The first-order valence-corrected chi connectivity index (χ1v) is 7.24. The van der Waals surface area contributed by atoms with Crippen molar-refractivity contribution >= 4 is 5.91 Å². The van der Waals surface area contributed by atoms with Crippen LogP contribution in [0.4, 0.5) is 0 Å². The zero-order valence-corrected chi connectivity index (χ0v) is 12.1. The lowest BCUT2D eigenvalue weighted by Crippen LogP contribution is -2.37. The van der Waals surface area contributed by atoms with Gasteiger partial charge in [-0.15, -0.1) is 0 Å². The van der Waals surface area contributed by atoms with Crippen molar-refractivity contribution in [1.29, 1.82) is 0 Å². The fraction of sp³-hybridized carbons (Fsp3) is 0.562. The summed E-state index contributed by atoms with van der Waals surface area (Å²) in [6.07, 6.45) is 3.33. The molecule has 106 valence electrons. The van der Waals surface area contributed by atoms with Gasteiger partial charge in [-0.05, 0) is 25.3 Å². The Morgan fingerprint density at radius 1 is 1.26 bits per heavy atom. The first kappa shape index (κ1) is 15.7. The quantitative estimate of drug-likeness (QED) is 0.782. The molecule has 1 aromatic carbocycles. The average molecular weight is 262 g/mol. The molecule has 19 heavy (non-hydrogen) atoms. The van der Waals surface area contributed by atoms with E-state index in [-0.39, 0.29) is 11.9 Å². The van der Waals surface area contributed by atoms with Crippen molar-refractivity contribution in [3.8, 4) is 0 Å². The van der Waals surface area contributed by atoms with Crippen LogP contribution in [0.25, 0.3) is 0 Å². The van der Waals surface area contributed by atoms with Crippen molar-refractivity contribution in [2.45, 2.75) is 45.6 Å². The summed E-state index contributed by atoms with van der Waals surface area (Å²) in [5.74, 6) is 0.180. The monoisotopic (exact) mass is 262 g/mol. The van der Waals surface area contributed by atoms with Crippen LogP contribution in [0.3, 0.4) is 0 Å². The van der Waals surface area contributed by atoms with Gasteiger partial charge in [0.05, 0.1) is 0 Å². The molecule has 1 atom stereocenters. The van der Waals surface area contributed by atoms with Gasteiger partial charge in [0.2, 0.25) is 5.91 Å². The predicted octanol–water partition coefficient (Wildman–Crippen LogP) is 2.60. The van der Waals surface area contributed by atoms with Crippen molar-refractivity contribution in [3.05, 3.63) is 35.9 Å². The number of nitrogens with two attached hydrogens (primary N) is 1. The van der Waals surface area contributed by atoms with E-state index in [1.165, 1.54) is 5.56 Å². The summed E-state index contributed by atoms with van der Waals surface area (Å²) in [4.78, 5) is 14.0. The van der Waals surface area contributed by atoms with Gasteiger partial charge >= 0.3 is 0 Å². The highest BCUT2D eigenvalue weighted by Crippen LogP contribution is 2.05. The van der Waals surface area contributed by atoms with Gasteiger partial charge in [0.1, 0.15) is 0 Å². The minimum Gasteiger partial charge on any atom is -0.343 e. The molecule has 0 heterocycles. The molecule has 2 N–H and O–H groups in total. The first-order valence-electron chi connectivity index (χ1n) is 7.24. The highest BCUT2D eigenvalue weighted by atomic mass is 16.2. The van der Waals surface area contributed by atoms with Gasteiger partial charge in [-0.1, -0.05) is 43.7 Å². The van der Waals surface area contributed by atoms with E-state index in [4.69, 9.17) is 5.73 Å². The van der Waals surface area contributed by atoms with Crippen LogP contribution < -0.4 is 5.73 Å².